The van der Waals surface area contributed by atoms with Crippen molar-refractivity contribution in [1.29, 1.82) is 0 Å². The van der Waals surface area contributed by atoms with E-state index in [0.717, 1.165) is 5.56 Å². The van der Waals surface area contributed by atoms with Gasteiger partial charge in [0.15, 0.2) is 6.61 Å². The third kappa shape index (κ3) is 6.98. The zero-order chi connectivity index (χ0) is 26.2. The minimum Gasteiger partial charge on any atom is -0.484 e. The van der Waals surface area contributed by atoms with Crippen LogP contribution in [-0.2, 0) is 9.59 Å². The molecular formula is C29H29ClN4O3. The predicted molar refractivity (Wildman–Crippen MR) is 146 cm³/mol. The number of halogens is 1. The van der Waals surface area contributed by atoms with Crippen molar-refractivity contribution in [1.82, 2.24) is 14.7 Å². The largest absolute Gasteiger partial charge is 0.484 e. The number of carbonyl (C=O) groups excluding carboxylic acids is 2. The third-order valence-corrected chi connectivity index (χ3v) is 5.82. The van der Waals surface area contributed by atoms with Crippen LogP contribution in [0.3, 0.4) is 0 Å². The maximum atomic E-state index is 13.2. The van der Waals surface area contributed by atoms with Crippen molar-refractivity contribution < 1.29 is 14.3 Å². The number of nitrogens with one attached hydrogen (secondary N) is 1. The Hall–Kier alpha value is -4.10. The van der Waals surface area contributed by atoms with Gasteiger partial charge in [-0.3, -0.25) is 9.59 Å². The smallest absolute Gasteiger partial charge is 0.260 e. The molecule has 0 unspecified atom stereocenters. The van der Waals surface area contributed by atoms with Crippen molar-refractivity contribution in [2.45, 2.75) is 13.8 Å². The molecule has 37 heavy (non-hydrogen) atoms. The number of carbonyl (C=O) groups is 2. The van der Waals surface area contributed by atoms with Gasteiger partial charge in [0.25, 0.3) is 5.91 Å². The maximum Gasteiger partial charge on any atom is 0.260 e. The monoisotopic (exact) mass is 516 g/mol. The predicted octanol–water partition coefficient (Wildman–Crippen LogP) is 5.69. The number of rotatable bonds is 10. The number of ether oxygens (including phenoxy) is 1. The lowest BCUT2D eigenvalue weighted by Gasteiger charge is -2.24. The molecule has 0 fully saturated rings. The Bertz CT molecular complexity index is 1340. The van der Waals surface area contributed by atoms with E-state index in [9.17, 15) is 9.59 Å². The van der Waals surface area contributed by atoms with E-state index in [2.05, 4.69) is 5.32 Å². The van der Waals surface area contributed by atoms with Gasteiger partial charge in [-0.2, -0.15) is 5.10 Å². The van der Waals surface area contributed by atoms with Gasteiger partial charge in [-0.15, -0.1) is 0 Å². The van der Waals surface area contributed by atoms with E-state index in [-0.39, 0.29) is 30.9 Å². The number of hydrogen-bond acceptors (Lipinski definition) is 4. The first-order chi connectivity index (χ1) is 17.9. The second kappa shape index (κ2) is 12.2. The summed E-state index contributed by atoms with van der Waals surface area (Å²) < 4.78 is 7.23. The summed E-state index contributed by atoms with van der Waals surface area (Å²) >= 11 is 6.45. The molecule has 0 atom stereocenters. The Morgan fingerprint density at radius 2 is 1.62 bits per heavy atom. The molecule has 0 bridgehead atoms. The Balaban J connectivity index is 1.54. The summed E-state index contributed by atoms with van der Waals surface area (Å²) in [7, 11) is 0. The molecule has 0 saturated carbocycles. The van der Waals surface area contributed by atoms with Gasteiger partial charge in [-0.05, 0) is 30.2 Å². The quantitative estimate of drug-likeness (QED) is 0.293. The summed E-state index contributed by atoms with van der Waals surface area (Å²) in [6, 6.07) is 27.9. The Morgan fingerprint density at radius 1 is 0.973 bits per heavy atom. The summed E-state index contributed by atoms with van der Waals surface area (Å²) in [6.45, 7) is 4.14. The van der Waals surface area contributed by atoms with E-state index in [1.54, 1.807) is 28.9 Å². The molecule has 0 aliphatic heterocycles. The lowest BCUT2D eigenvalue weighted by Crippen LogP contribution is -2.42. The zero-order valence-electron chi connectivity index (χ0n) is 20.8. The number of hydrogen-bond donors (Lipinski definition) is 1. The highest BCUT2D eigenvalue weighted by atomic mass is 35.5. The third-order valence-electron chi connectivity index (χ3n) is 5.51. The van der Waals surface area contributed by atoms with E-state index in [4.69, 9.17) is 21.4 Å². The average Bonchev–Trinajstić information content (AvgIpc) is 3.31. The molecule has 3 aromatic carbocycles. The molecule has 1 heterocycles. The van der Waals surface area contributed by atoms with E-state index in [0.29, 0.717) is 34.5 Å². The molecule has 4 aromatic rings. The fourth-order valence-corrected chi connectivity index (χ4v) is 4.05. The van der Waals surface area contributed by atoms with Crippen LogP contribution < -0.4 is 10.1 Å². The lowest BCUT2D eigenvalue weighted by atomic mass is 10.1. The van der Waals surface area contributed by atoms with Crippen molar-refractivity contribution >= 4 is 29.2 Å². The topological polar surface area (TPSA) is 76.5 Å². The number of amides is 2. The van der Waals surface area contributed by atoms with Crippen molar-refractivity contribution in [3.63, 3.8) is 0 Å². The van der Waals surface area contributed by atoms with Gasteiger partial charge in [0.05, 0.1) is 16.4 Å². The van der Waals surface area contributed by atoms with E-state index in [1.807, 2.05) is 80.6 Å². The van der Waals surface area contributed by atoms with Crippen LogP contribution in [0.4, 0.5) is 5.82 Å². The van der Waals surface area contributed by atoms with Crippen LogP contribution in [0.2, 0.25) is 5.02 Å². The summed E-state index contributed by atoms with van der Waals surface area (Å²) in [5.41, 5.74) is 2.22. The minimum absolute atomic E-state index is 0.121. The Labute approximate surface area is 221 Å². The van der Waals surface area contributed by atoms with Crippen LogP contribution in [-0.4, -0.2) is 46.2 Å². The highest BCUT2D eigenvalue weighted by Gasteiger charge is 2.21. The summed E-state index contributed by atoms with van der Waals surface area (Å²) in [4.78, 5) is 27.6. The van der Waals surface area contributed by atoms with E-state index >= 15 is 0 Å². The molecule has 7 nitrogen and oxygen atoms in total. The minimum atomic E-state index is -0.346. The van der Waals surface area contributed by atoms with Gasteiger partial charge in [0.1, 0.15) is 18.1 Å². The van der Waals surface area contributed by atoms with Gasteiger partial charge in [0.2, 0.25) is 5.91 Å². The molecule has 8 heteroatoms. The first-order valence-electron chi connectivity index (χ1n) is 12.1. The van der Waals surface area contributed by atoms with Crippen LogP contribution in [0.1, 0.15) is 13.8 Å². The normalized spacial score (nSPS) is 10.8. The van der Waals surface area contributed by atoms with Gasteiger partial charge in [-0.25, -0.2) is 4.68 Å². The molecule has 1 aromatic heterocycles. The molecule has 0 aliphatic rings. The molecular weight excluding hydrogens is 488 g/mol. The molecule has 0 saturated heterocycles. The Kier molecular flexibility index (Phi) is 8.59. The first kappa shape index (κ1) is 26.0. The molecule has 190 valence electrons. The summed E-state index contributed by atoms with van der Waals surface area (Å²) in [5, 5.41) is 8.13. The summed E-state index contributed by atoms with van der Waals surface area (Å²) in [6.07, 6.45) is 0. The van der Waals surface area contributed by atoms with E-state index in [1.165, 1.54) is 4.90 Å². The van der Waals surface area contributed by atoms with Crippen LogP contribution in [0.15, 0.2) is 91.0 Å². The van der Waals surface area contributed by atoms with Gasteiger partial charge in [-0.1, -0.05) is 86.1 Å². The number of nitrogens with zero attached hydrogens (tertiary/aromatic N) is 3. The maximum absolute atomic E-state index is 13.2. The molecule has 0 aliphatic carbocycles. The molecule has 4 rings (SSSR count). The standard InChI is InChI=1S/C29H29ClN4O3/c1-21(2)18-33(29(36)20-37-23-13-7-4-8-14-23)19-28(35)31-27-17-25(22-11-5-3-6-12-22)32-34(27)26-16-10-9-15-24(26)30/h3-17,21H,18-20H2,1-2H3,(H,31,35). The molecule has 2 amide bonds. The van der Waals surface area contributed by atoms with Gasteiger partial charge in [0, 0.05) is 18.2 Å². The highest BCUT2D eigenvalue weighted by Crippen LogP contribution is 2.28. The fourth-order valence-electron chi connectivity index (χ4n) is 3.83. The average molecular weight is 517 g/mol. The SMILES string of the molecule is CC(C)CN(CC(=O)Nc1cc(-c2ccccc2)nn1-c1ccccc1Cl)C(=O)COc1ccccc1. The van der Waals surface area contributed by atoms with Crippen LogP contribution in [0, 0.1) is 5.92 Å². The van der Waals surface area contributed by atoms with Crippen LogP contribution in [0.25, 0.3) is 16.9 Å². The fraction of sp³-hybridized carbons (Fsp3) is 0.207. The number of anilines is 1. The molecule has 0 radical (unpaired) electrons. The van der Waals surface area contributed by atoms with Crippen LogP contribution in [0.5, 0.6) is 5.75 Å². The van der Waals surface area contributed by atoms with Crippen molar-refractivity contribution in [2.24, 2.45) is 5.92 Å². The summed E-state index contributed by atoms with van der Waals surface area (Å²) in [5.74, 6) is 0.613. The first-order valence-corrected chi connectivity index (χ1v) is 12.4. The van der Waals surface area contributed by atoms with Crippen LogP contribution >= 0.6 is 11.6 Å². The lowest BCUT2D eigenvalue weighted by molar-refractivity contribution is -0.137. The highest BCUT2D eigenvalue weighted by molar-refractivity contribution is 6.32. The Morgan fingerprint density at radius 3 is 2.30 bits per heavy atom. The molecule has 1 N–H and O–H groups in total. The number of aromatic nitrogens is 2. The van der Waals surface area contributed by atoms with E-state index < -0.39 is 0 Å². The second-order valence-electron chi connectivity index (χ2n) is 8.96. The zero-order valence-corrected chi connectivity index (χ0v) is 21.6. The second-order valence-corrected chi connectivity index (χ2v) is 9.37. The van der Waals surface area contributed by atoms with Crippen molar-refractivity contribution in [2.75, 3.05) is 25.0 Å². The van der Waals surface area contributed by atoms with Gasteiger partial charge < -0.3 is 15.0 Å². The van der Waals surface area contributed by atoms with Gasteiger partial charge >= 0.3 is 0 Å². The van der Waals surface area contributed by atoms with Crippen molar-refractivity contribution in [3.05, 3.63) is 96.0 Å². The number of benzene rings is 3. The number of para-hydroxylation sites is 2. The van der Waals surface area contributed by atoms with Crippen molar-refractivity contribution in [3.8, 4) is 22.7 Å². The molecule has 0 spiro atoms.